The van der Waals surface area contributed by atoms with Gasteiger partial charge in [-0.05, 0) is 19.9 Å². The molecule has 1 heterocycles. The average Bonchev–Trinajstić information content (AvgIpc) is 2.30. The van der Waals surface area contributed by atoms with Crippen LogP contribution in [0.5, 0.6) is 0 Å². The van der Waals surface area contributed by atoms with Gasteiger partial charge in [0.2, 0.25) is 0 Å². The molecule has 0 aliphatic carbocycles. The van der Waals surface area contributed by atoms with Crippen molar-refractivity contribution in [2.24, 2.45) is 0 Å². The molecule has 2 N–H and O–H groups in total. The van der Waals surface area contributed by atoms with E-state index in [1.807, 2.05) is 0 Å². The summed E-state index contributed by atoms with van der Waals surface area (Å²) in [5, 5.41) is 17.0. The van der Waals surface area contributed by atoms with Crippen molar-refractivity contribution in [1.82, 2.24) is 10.3 Å². The second kappa shape index (κ2) is 6.80. The van der Waals surface area contributed by atoms with E-state index in [0.717, 1.165) is 19.5 Å². The third-order valence-electron chi connectivity index (χ3n) is 2.31. The van der Waals surface area contributed by atoms with E-state index >= 15 is 0 Å². The minimum absolute atomic E-state index is 0.101. The summed E-state index contributed by atoms with van der Waals surface area (Å²) >= 11 is 0. The van der Waals surface area contributed by atoms with Crippen molar-refractivity contribution in [2.45, 2.75) is 20.3 Å². The van der Waals surface area contributed by atoms with E-state index in [-0.39, 0.29) is 5.69 Å². The highest BCUT2D eigenvalue weighted by Crippen LogP contribution is 2.19. The molecule has 1 aromatic heterocycles. The summed E-state index contributed by atoms with van der Waals surface area (Å²) in [5.41, 5.74) is 0.675. The van der Waals surface area contributed by atoms with Crippen LogP contribution in [0.15, 0.2) is 12.3 Å². The highest BCUT2D eigenvalue weighted by atomic mass is 16.6. The molecule has 94 valence electrons. The maximum atomic E-state index is 10.7. The summed E-state index contributed by atoms with van der Waals surface area (Å²) in [4.78, 5) is 14.4. The molecule has 0 radical (unpaired) electrons. The van der Waals surface area contributed by atoms with Gasteiger partial charge in [-0.25, -0.2) is 4.98 Å². The van der Waals surface area contributed by atoms with Crippen molar-refractivity contribution in [3.63, 3.8) is 0 Å². The number of anilines is 1. The molecule has 17 heavy (non-hydrogen) atoms. The summed E-state index contributed by atoms with van der Waals surface area (Å²) < 4.78 is 0. The van der Waals surface area contributed by atoms with Gasteiger partial charge in [-0.1, -0.05) is 6.92 Å². The molecule has 0 fully saturated rings. The Morgan fingerprint density at radius 1 is 1.41 bits per heavy atom. The number of pyridine rings is 1. The van der Waals surface area contributed by atoms with Gasteiger partial charge in [-0.15, -0.1) is 0 Å². The predicted octanol–water partition coefficient (Wildman–Crippen LogP) is 1.71. The summed E-state index contributed by atoms with van der Waals surface area (Å²) in [5.74, 6) is 0.542. The molecule has 0 unspecified atom stereocenters. The first kappa shape index (κ1) is 13.4. The molecular formula is C11H18N4O2. The first-order valence-corrected chi connectivity index (χ1v) is 5.70. The maximum absolute atomic E-state index is 10.7. The van der Waals surface area contributed by atoms with Crippen molar-refractivity contribution >= 4 is 11.5 Å². The van der Waals surface area contributed by atoms with E-state index in [1.54, 1.807) is 6.92 Å². The van der Waals surface area contributed by atoms with Gasteiger partial charge in [0.15, 0.2) is 0 Å². The molecule has 0 aromatic carbocycles. The maximum Gasteiger partial charge on any atom is 0.277 e. The lowest BCUT2D eigenvalue weighted by Gasteiger charge is -2.06. The standard InChI is InChI=1S/C11H18N4O2/c1-3-4-12-5-6-13-11-7-10(15(16)17)9(2)8-14-11/h7-8,12H,3-6H2,1-2H3,(H,13,14). The molecule has 0 bridgehead atoms. The van der Waals surface area contributed by atoms with E-state index in [4.69, 9.17) is 0 Å². The molecule has 6 heteroatoms. The van der Waals surface area contributed by atoms with E-state index in [9.17, 15) is 10.1 Å². The molecule has 0 aliphatic rings. The molecule has 1 aromatic rings. The molecule has 0 saturated carbocycles. The number of nitrogens with one attached hydrogen (secondary N) is 2. The first-order chi connectivity index (χ1) is 8.15. The molecule has 0 atom stereocenters. The quantitative estimate of drug-likeness (QED) is 0.429. The lowest BCUT2D eigenvalue weighted by atomic mass is 10.2. The Morgan fingerprint density at radius 3 is 2.82 bits per heavy atom. The minimum atomic E-state index is -0.391. The smallest absolute Gasteiger partial charge is 0.277 e. The zero-order valence-corrected chi connectivity index (χ0v) is 10.2. The zero-order valence-electron chi connectivity index (χ0n) is 10.2. The van der Waals surface area contributed by atoms with E-state index in [0.29, 0.717) is 17.9 Å². The fourth-order valence-electron chi connectivity index (χ4n) is 1.39. The molecule has 0 saturated heterocycles. The Labute approximate surface area is 101 Å². The highest BCUT2D eigenvalue weighted by Gasteiger charge is 2.11. The normalized spacial score (nSPS) is 10.2. The van der Waals surface area contributed by atoms with E-state index < -0.39 is 4.92 Å². The van der Waals surface area contributed by atoms with Crippen LogP contribution >= 0.6 is 0 Å². The SMILES string of the molecule is CCCNCCNc1cc([N+](=O)[O-])c(C)cn1. The number of hydrogen-bond acceptors (Lipinski definition) is 5. The fourth-order valence-corrected chi connectivity index (χ4v) is 1.39. The van der Waals surface area contributed by atoms with Gasteiger partial charge in [0, 0.05) is 24.8 Å². The van der Waals surface area contributed by atoms with Crippen LogP contribution in [0.3, 0.4) is 0 Å². The van der Waals surface area contributed by atoms with Crippen molar-refractivity contribution < 1.29 is 4.92 Å². The number of rotatable bonds is 7. The van der Waals surface area contributed by atoms with Crippen LogP contribution in [0.2, 0.25) is 0 Å². The molecule has 0 spiro atoms. The average molecular weight is 238 g/mol. The summed E-state index contributed by atoms with van der Waals surface area (Å²) in [6.45, 7) is 6.27. The largest absolute Gasteiger partial charge is 0.369 e. The van der Waals surface area contributed by atoms with Gasteiger partial charge in [0.25, 0.3) is 5.69 Å². The molecule has 0 amide bonds. The fraction of sp³-hybridized carbons (Fsp3) is 0.545. The van der Waals surface area contributed by atoms with Crippen LogP contribution in [0.4, 0.5) is 11.5 Å². The number of aryl methyl sites for hydroxylation is 1. The van der Waals surface area contributed by atoms with Gasteiger partial charge < -0.3 is 10.6 Å². The second-order valence-electron chi connectivity index (χ2n) is 3.79. The lowest BCUT2D eigenvalue weighted by Crippen LogP contribution is -2.23. The summed E-state index contributed by atoms with van der Waals surface area (Å²) in [6, 6.07) is 1.47. The highest BCUT2D eigenvalue weighted by molar-refractivity contribution is 5.48. The van der Waals surface area contributed by atoms with Gasteiger partial charge in [0.1, 0.15) is 5.82 Å². The summed E-state index contributed by atoms with van der Waals surface area (Å²) in [6.07, 6.45) is 2.61. The van der Waals surface area contributed by atoms with Crippen molar-refractivity contribution in [1.29, 1.82) is 0 Å². The van der Waals surface area contributed by atoms with Crippen molar-refractivity contribution in [3.05, 3.63) is 27.9 Å². The number of aromatic nitrogens is 1. The van der Waals surface area contributed by atoms with Crippen LogP contribution in [0.1, 0.15) is 18.9 Å². The number of nitro groups is 1. The van der Waals surface area contributed by atoms with Gasteiger partial charge >= 0.3 is 0 Å². The van der Waals surface area contributed by atoms with Crippen LogP contribution in [-0.2, 0) is 0 Å². The monoisotopic (exact) mass is 238 g/mol. The lowest BCUT2D eigenvalue weighted by molar-refractivity contribution is -0.385. The molecule has 0 aliphatic heterocycles. The van der Waals surface area contributed by atoms with Gasteiger partial charge in [-0.2, -0.15) is 0 Å². The minimum Gasteiger partial charge on any atom is -0.369 e. The Bertz CT molecular complexity index is 382. The topological polar surface area (TPSA) is 80.1 Å². The van der Waals surface area contributed by atoms with Crippen LogP contribution in [0.25, 0.3) is 0 Å². The van der Waals surface area contributed by atoms with Crippen molar-refractivity contribution in [2.75, 3.05) is 25.0 Å². The predicted molar refractivity (Wildman–Crippen MR) is 67.3 cm³/mol. The third kappa shape index (κ3) is 4.36. The van der Waals surface area contributed by atoms with Crippen LogP contribution < -0.4 is 10.6 Å². The Hall–Kier alpha value is -1.69. The molecule has 6 nitrogen and oxygen atoms in total. The Kier molecular flexibility index (Phi) is 5.35. The van der Waals surface area contributed by atoms with Crippen molar-refractivity contribution in [3.8, 4) is 0 Å². The molecule has 1 rings (SSSR count). The van der Waals surface area contributed by atoms with Crippen LogP contribution in [0, 0.1) is 17.0 Å². The van der Waals surface area contributed by atoms with E-state index in [1.165, 1.54) is 12.3 Å². The zero-order chi connectivity index (χ0) is 12.7. The molecular weight excluding hydrogens is 220 g/mol. The third-order valence-corrected chi connectivity index (χ3v) is 2.31. The van der Waals surface area contributed by atoms with E-state index in [2.05, 4.69) is 22.5 Å². The van der Waals surface area contributed by atoms with Gasteiger partial charge in [-0.3, -0.25) is 10.1 Å². The summed E-state index contributed by atoms with van der Waals surface area (Å²) in [7, 11) is 0. The number of nitrogens with zero attached hydrogens (tertiary/aromatic N) is 2. The second-order valence-corrected chi connectivity index (χ2v) is 3.79. The first-order valence-electron chi connectivity index (χ1n) is 5.70. The Balaban J connectivity index is 2.49. The Morgan fingerprint density at radius 2 is 2.18 bits per heavy atom. The van der Waals surface area contributed by atoms with Crippen LogP contribution in [-0.4, -0.2) is 29.5 Å². The number of hydrogen-bond donors (Lipinski definition) is 2. The van der Waals surface area contributed by atoms with Gasteiger partial charge in [0.05, 0.1) is 11.0 Å².